The molecule has 1 saturated carbocycles. The summed E-state index contributed by atoms with van der Waals surface area (Å²) in [6.07, 6.45) is 3.23. The number of sulfonamides is 1. The van der Waals surface area contributed by atoms with Crippen molar-refractivity contribution in [2.75, 3.05) is 31.1 Å². The molecule has 3 rings (SSSR count). The molecule has 20 heavy (non-hydrogen) atoms. The third-order valence-corrected chi connectivity index (χ3v) is 6.66. The van der Waals surface area contributed by atoms with Gasteiger partial charge in [-0.1, -0.05) is 0 Å². The first-order valence-corrected chi connectivity index (χ1v) is 9.70. The molecule has 112 valence electrons. The molecular formula is C13H20N2O3S2. The van der Waals surface area contributed by atoms with E-state index < -0.39 is 10.0 Å². The summed E-state index contributed by atoms with van der Waals surface area (Å²) < 4.78 is 32.2. The first-order valence-electron chi connectivity index (χ1n) is 7.00. The summed E-state index contributed by atoms with van der Waals surface area (Å²) in [5.41, 5.74) is 0. The van der Waals surface area contributed by atoms with Crippen molar-refractivity contribution in [3.8, 4) is 0 Å². The van der Waals surface area contributed by atoms with Crippen LogP contribution < -0.4 is 4.72 Å². The van der Waals surface area contributed by atoms with Gasteiger partial charge in [-0.15, -0.1) is 0 Å². The van der Waals surface area contributed by atoms with Crippen LogP contribution in [0.1, 0.15) is 24.6 Å². The molecule has 1 aliphatic carbocycles. The molecule has 2 aliphatic rings. The molecule has 1 aromatic heterocycles. The number of hydrogen-bond donors (Lipinski definition) is 1. The van der Waals surface area contributed by atoms with Crippen LogP contribution in [0, 0.1) is 0 Å². The Balaban J connectivity index is 1.68. The Morgan fingerprint density at radius 3 is 2.75 bits per heavy atom. The maximum absolute atomic E-state index is 12.0. The fourth-order valence-electron chi connectivity index (χ4n) is 2.47. The minimum absolute atomic E-state index is 0.000532. The number of hydrogen-bond acceptors (Lipinski definition) is 5. The molecule has 1 saturated heterocycles. The molecule has 1 N–H and O–H groups in total. The molecular weight excluding hydrogens is 296 g/mol. The summed E-state index contributed by atoms with van der Waals surface area (Å²) >= 11 is 1.94. The van der Waals surface area contributed by atoms with Crippen LogP contribution in [0.25, 0.3) is 0 Å². The van der Waals surface area contributed by atoms with E-state index in [1.165, 1.54) is 0 Å². The van der Waals surface area contributed by atoms with Gasteiger partial charge in [0.2, 0.25) is 10.0 Å². The first kappa shape index (κ1) is 14.4. The van der Waals surface area contributed by atoms with E-state index in [1.54, 1.807) is 6.26 Å². The van der Waals surface area contributed by atoms with Crippen LogP contribution in [0.3, 0.4) is 0 Å². The lowest BCUT2D eigenvalue weighted by molar-refractivity contribution is 0.193. The molecule has 7 heteroatoms. The average molecular weight is 316 g/mol. The highest BCUT2D eigenvalue weighted by Gasteiger charge is 2.36. The van der Waals surface area contributed by atoms with Gasteiger partial charge in [0, 0.05) is 31.1 Å². The minimum Gasteiger partial charge on any atom is -0.468 e. The van der Waals surface area contributed by atoms with E-state index in [-0.39, 0.29) is 11.3 Å². The standard InChI is InChI=1S/C13H20N2O3S2/c16-20(17,11-3-4-11)14-10-12(13-2-1-7-18-13)15-5-8-19-9-6-15/h1-2,7,11-12,14H,3-6,8-10H2. The highest BCUT2D eigenvalue weighted by atomic mass is 32.2. The topological polar surface area (TPSA) is 62.6 Å². The van der Waals surface area contributed by atoms with E-state index in [4.69, 9.17) is 4.42 Å². The Hall–Kier alpha value is -0.500. The average Bonchev–Trinajstić information content (AvgIpc) is 3.19. The van der Waals surface area contributed by atoms with Gasteiger partial charge in [0.25, 0.3) is 0 Å². The Bertz CT molecular complexity index is 520. The Morgan fingerprint density at radius 1 is 1.40 bits per heavy atom. The van der Waals surface area contributed by atoms with Crippen molar-refractivity contribution in [1.29, 1.82) is 0 Å². The van der Waals surface area contributed by atoms with Crippen molar-refractivity contribution in [2.24, 2.45) is 0 Å². The van der Waals surface area contributed by atoms with Gasteiger partial charge in [-0.3, -0.25) is 4.90 Å². The molecule has 2 fully saturated rings. The second-order valence-corrected chi connectivity index (χ2v) is 8.54. The number of nitrogens with one attached hydrogen (secondary N) is 1. The zero-order valence-electron chi connectivity index (χ0n) is 11.3. The number of nitrogens with zero attached hydrogens (tertiary/aromatic N) is 1. The molecule has 1 aromatic rings. The van der Waals surface area contributed by atoms with Crippen LogP contribution in [0.15, 0.2) is 22.8 Å². The predicted molar refractivity (Wildman–Crippen MR) is 80.3 cm³/mol. The SMILES string of the molecule is O=S(=O)(NCC(c1ccco1)N1CCSCC1)C1CC1. The van der Waals surface area contributed by atoms with Crippen molar-refractivity contribution in [3.05, 3.63) is 24.2 Å². The normalized spacial score (nSPS) is 22.8. The summed E-state index contributed by atoms with van der Waals surface area (Å²) in [4.78, 5) is 2.31. The molecule has 1 atom stereocenters. The molecule has 0 aromatic carbocycles. The molecule has 1 aliphatic heterocycles. The second kappa shape index (κ2) is 6.09. The van der Waals surface area contributed by atoms with Crippen LogP contribution in [0.5, 0.6) is 0 Å². The first-order chi connectivity index (χ1) is 9.67. The molecule has 0 bridgehead atoms. The molecule has 0 amide bonds. The predicted octanol–water partition coefficient (Wildman–Crippen LogP) is 1.45. The number of rotatable bonds is 6. The number of thioether (sulfide) groups is 1. The van der Waals surface area contributed by atoms with E-state index in [0.717, 1.165) is 43.2 Å². The zero-order valence-corrected chi connectivity index (χ0v) is 13.0. The second-order valence-electron chi connectivity index (χ2n) is 5.27. The Labute approximate surface area is 124 Å². The molecule has 2 heterocycles. The summed E-state index contributed by atoms with van der Waals surface area (Å²) in [7, 11) is -3.14. The van der Waals surface area contributed by atoms with Gasteiger partial charge in [0.15, 0.2) is 0 Å². The Kier molecular flexibility index (Phi) is 4.40. The van der Waals surface area contributed by atoms with E-state index in [0.29, 0.717) is 6.54 Å². The summed E-state index contributed by atoms with van der Waals surface area (Å²) in [6, 6.07) is 3.79. The lowest BCUT2D eigenvalue weighted by Gasteiger charge is -2.33. The van der Waals surface area contributed by atoms with E-state index in [1.807, 2.05) is 23.9 Å². The van der Waals surface area contributed by atoms with E-state index in [2.05, 4.69) is 9.62 Å². The number of furan rings is 1. The van der Waals surface area contributed by atoms with Gasteiger partial charge < -0.3 is 4.42 Å². The monoisotopic (exact) mass is 316 g/mol. The largest absolute Gasteiger partial charge is 0.468 e. The van der Waals surface area contributed by atoms with Gasteiger partial charge in [0.05, 0.1) is 17.6 Å². The maximum atomic E-state index is 12.0. The van der Waals surface area contributed by atoms with Crippen molar-refractivity contribution in [3.63, 3.8) is 0 Å². The third kappa shape index (κ3) is 3.39. The summed E-state index contributed by atoms with van der Waals surface area (Å²) in [5.74, 6) is 3.02. The van der Waals surface area contributed by atoms with Gasteiger partial charge in [-0.2, -0.15) is 11.8 Å². The van der Waals surface area contributed by atoms with Gasteiger partial charge in [0.1, 0.15) is 5.76 Å². The fraction of sp³-hybridized carbons (Fsp3) is 0.692. The van der Waals surface area contributed by atoms with Crippen molar-refractivity contribution >= 4 is 21.8 Å². The van der Waals surface area contributed by atoms with Gasteiger partial charge in [-0.25, -0.2) is 13.1 Å². The lowest BCUT2D eigenvalue weighted by Crippen LogP contribution is -2.42. The minimum atomic E-state index is -3.14. The fourth-order valence-corrected chi connectivity index (χ4v) is 4.78. The van der Waals surface area contributed by atoms with Crippen LogP contribution in [0.4, 0.5) is 0 Å². The van der Waals surface area contributed by atoms with Gasteiger partial charge >= 0.3 is 0 Å². The van der Waals surface area contributed by atoms with Crippen LogP contribution in [-0.2, 0) is 10.0 Å². The van der Waals surface area contributed by atoms with Crippen LogP contribution >= 0.6 is 11.8 Å². The van der Waals surface area contributed by atoms with Gasteiger partial charge in [-0.05, 0) is 25.0 Å². The van der Waals surface area contributed by atoms with Crippen molar-refractivity contribution < 1.29 is 12.8 Å². The van der Waals surface area contributed by atoms with Crippen molar-refractivity contribution in [2.45, 2.75) is 24.1 Å². The maximum Gasteiger partial charge on any atom is 0.214 e. The van der Waals surface area contributed by atoms with E-state index in [9.17, 15) is 8.42 Å². The Morgan fingerprint density at radius 2 is 2.15 bits per heavy atom. The van der Waals surface area contributed by atoms with Crippen LogP contribution in [-0.4, -0.2) is 49.7 Å². The zero-order chi connectivity index (χ0) is 14.0. The molecule has 1 unspecified atom stereocenters. The molecule has 0 radical (unpaired) electrons. The summed E-state index contributed by atoms with van der Waals surface area (Å²) in [5, 5.41) is -0.170. The van der Waals surface area contributed by atoms with Crippen molar-refractivity contribution in [1.82, 2.24) is 9.62 Å². The quantitative estimate of drug-likeness (QED) is 0.861. The highest BCUT2D eigenvalue weighted by molar-refractivity contribution is 7.99. The summed E-state index contributed by atoms with van der Waals surface area (Å²) in [6.45, 7) is 2.35. The molecule has 5 nitrogen and oxygen atoms in total. The lowest BCUT2D eigenvalue weighted by atomic mass is 10.2. The van der Waals surface area contributed by atoms with E-state index >= 15 is 0 Å². The third-order valence-electron chi connectivity index (χ3n) is 3.80. The highest BCUT2D eigenvalue weighted by Crippen LogP contribution is 2.29. The molecule has 0 spiro atoms. The van der Waals surface area contributed by atoms with Crippen LogP contribution in [0.2, 0.25) is 0 Å². The smallest absolute Gasteiger partial charge is 0.214 e.